The van der Waals surface area contributed by atoms with E-state index in [0.29, 0.717) is 5.56 Å². The van der Waals surface area contributed by atoms with Gasteiger partial charge < -0.3 is 10.4 Å². The Balaban J connectivity index is 2.16. The van der Waals surface area contributed by atoms with Gasteiger partial charge in [-0.1, -0.05) is 23.7 Å². The number of nitrogens with one attached hydrogen (secondary N) is 1. The number of non-ortho nitro benzene ring substituents is 1. The fraction of sp³-hybridized carbons (Fsp3) is 0.167. The van der Waals surface area contributed by atoms with E-state index in [-0.39, 0.29) is 34.0 Å². The van der Waals surface area contributed by atoms with Gasteiger partial charge in [-0.25, -0.2) is 4.79 Å². The smallest absolute Gasteiger partial charge is 0.413 e. The fourth-order valence-corrected chi connectivity index (χ4v) is 3.24. The normalized spacial score (nSPS) is 16.4. The van der Waals surface area contributed by atoms with Crippen molar-refractivity contribution in [2.24, 2.45) is 0 Å². The average molecular weight is 413 g/mol. The van der Waals surface area contributed by atoms with Crippen molar-refractivity contribution in [3.63, 3.8) is 0 Å². The van der Waals surface area contributed by atoms with Crippen LogP contribution in [0.15, 0.2) is 48.0 Å². The summed E-state index contributed by atoms with van der Waals surface area (Å²) in [5, 5.41) is 22.7. The summed E-state index contributed by atoms with van der Waals surface area (Å²) in [7, 11) is 0. The van der Waals surface area contributed by atoms with Crippen LogP contribution in [-0.2, 0) is 11.2 Å². The Labute approximate surface area is 161 Å². The van der Waals surface area contributed by atoms with Gasteiger partial charge >= 0.3 is 12.1 Å². The quantitative estimate of drug-likeness (QED) is 0.561. The number of carboxylic acid groups (broad SMARTS) is 1. The second kappa shape index (κ2) is 7.16. The molecule has 1 aliphatic heterocycles. The topological polar surface area (TPSA) is 92.5 Å². The molecule has 0 fully saturated rings. The minimum Gasteiger partial charge on any atom is -0.478 e. The lowest BCUT2D eigenvalue weighted by Crippen LogP contribution is -2.43. The molecular weight excluding hydrogens is 401 g/mol. The second-order valence-electron chi connectivity index (χ2n) is 6.11. The number of allylic oxidation sites excluding steroid dienone is 1. The van der Waals surface area contributed by atoms with E-state index in [2.05, 4.69) is 5.32 Å². The highest BCUT2D eigenvalue weighted by molar-refractivity contribution is 6.31. The van der Waals surface area contributed by atoms with Crippen molar-refractivity contribution >= 4 is 34.5 Å². The lowest BCUT2D eigenvalue weighted by Gasteiger charge is -2.32. The molecule has 0 aliphatic carbocycles. The molecule has 10 heteroatoms. The maximum Gasteiger partial charge on any atom is 0.413 e. The number of carboxylic acids is 1. The molecular formula is C18H12ClF3N2O4. The molecule has 0 saturated carbocycles. The average Bonchev–Trinajstić information content (AvgIpc) is 2.61. The summed E-state index contributed by atoms with van der Waals surface area (Å²) >= 11 is 5.96. The number of hydrogen-bond donors (Lipinski definition) is 2. The minimum absolute atomic E-state index is 0.0556. The molecule has 2 aromatic carbocycles. The van der Waals surface area contributed by atoms with E-state index >= 15 is 0 Å². The first kappa shape index (κ1) is 19.7. The van der Waals surface area contributed by atoms with Gasteiger partial charge in [-0.05, 0) is 35.8 Å². The van der Waals surface area contributed by atoms with Crippen LogP contribution in [-0.4, -0.2) is 28.2 Å². The Bertz CT molecular complexity index is 987. The Morgan fingerprint density at radius 1 is 1.21 bits per heavy atom. The molecule has 2 N–H and O–H groups in total. The summed E-state index contributed by atoms with van der Waals surface area (Å²) in [5.74, 6) is -1.71. The SMILES string of the molecule is O=C(O)C1=C(Cc2ccc([N+](=O)[O-])cc2)c2cc(Cl)ccc2NC1C(F)(F)F. The van der Waals surface area contributed by atoms with Crippen molar-refractivity contribution in [1.29, 1.82) is 0 Å². The molecule has 1 aliphatic rings. The number of anilines is 1. The minimum atomic E-state index is -4.84. The molecule has 2 aromatic rings. The number of nitro groups is 1. The van der Waals surface area contributed by atoms with Crippen molar-refractivity contribution in [3.8, 4) is 0 Å². The molecule has 0 aromatic heterocycles. The molecule has 3 rings (SSSR count). The molecule has 0 bridgehead atoms. The third-order valence-corrected chi connectivity index (χ3v) is 4.54. The van der Waals surface area contributed by atoms with Gasteiger partial charge in [0.15, 0.2) is 6.04 Å². The molecule has 6 nitrogen and oxygen atoms in total. The molecule has 1 unspecified atom stereocenters. The number of halogens is 4. The maximum atomic E-state index is 13.5. The third-order valence-electron chi connectivity index (χ3n) is 4.31. The highest BCUT2D eigenvalue weighted by atomic mass is 35.5. The first-order valence-corrected chi connectivity index (χ1v) is 8.28. The van der Waals surface area contributed by atoms with Crippen LogP contribution in [0.2, 0.25) is 5.02 Å². The predicted octanol–water partition coefficient (Wildman–Crippen LogP) is 4.69. The Kier molecular flexibility index (Phi) is 5.03. The number of fused-ring (bicyclic) bond motifs is 1. The van der Waals surface area contributed by atoms with Gasteiger partial charge in [-0.15, -0.1) is 0 Å². The largest absolute Gasteiger partial charge is 0.478 e. The zero-order valence-corrected chi connectivity index (χ0v) is 14.7. The van der Waals surface area contributed by atoms with Crippen LogP contribution < -0.4 is 5.32 Å². The lowest BCUT2D eigenvalue weighted by molar-refractivity contribution is -0.384. The van der Waals surface area contributed by atoms with Crippen molar-refractivity contribution < 1.29 is 28.0 Å². The van der Waals surface area contributed by atoms with Crippen LogP contribution >= 0.6 is 11.6 Å². The number of nitro benzene ring substituents is 1. The van der Waals surface area contributed by atoms with Gasteiger partial charge in [-0.2, -0.15) is 13.2 Å². The van der Waals surface area contributed by atoms with Gasteiger partial charge in [0.2, 0.25) is 0 Å². The molecule has 0 amide bonds. The van der Waals surface area contributed by atoms with Crippen LogP contribution in [0.4, 0.5) is 24.5 Å². The second-order valence-corrected chi connectivity index (χ2v) is 6.54. The number of hydrogen-bond acceptors (Lipinski definition) is 4. The van der Waals surface area contributed by atoms with Crippen LogP contribution in [0.3, 0.4) is 0 Å². The van der Waals surface area contributed by atoms with E-state index in [1.165, 1.54) is 42.5 Å². The van der Waals surface area contributed by atoms with Crippen LogP contribution in [0.5, 0.6) is 0 Å². The summed E-state index contributed by atoms with van der Waals surface area (Å²) in [6.07, 6.45) is -5.01. The van der Waals surface area contributed by atoms with E-state index in [4.69, 9.17) is 11.6 Å². The van der Waals surface area contributed by atoms with Crippen molar-refractivity contribution in [1.82, 2.24) is 0 Å². The molecule has 1 heterocycles. The van der Waals surface area contributed by atoms with E-state index in [0.717, 1.165) is 0 Å². The van der Waals surface area contributed by atoms with Crippen molar-refractivity contribution in [2.45, 2.75) is 18.6 Å². The summed E-state index contributed by atoms with van der Waals surface area (Å²) in [5.41, 5.74) is -0.302. The monoisotopic (exact) mass is 412 g/mol. The van der Waals surface area contributed by atoms with Gasteiger partial charge in [-0.3, -0.25) is 10.1 Å². The highest BCUT2D eigenvalue weighted by Crippen LogP contribution is 2.42. The first-order chi connectivity index (χ1) is 13.1. The lowest BCUT2D eigenvalue weighted by atomic mass is 9.85. The fourth-order valence-electron chi connectivity index (χ4n) is 3.07. The van der Waals surface area contributed by atoms with Crippen LogP contribution in [0, 0.1) is 10.1 Å². The summed E-state index contributed by atoms with van der Waals surface area (Å²) in [6, 6.07) is 6.90. The van der Waals surface area contributed by atoms with Crippen LogP contribution in [0.25, 0.3) is 5.57 Å². The summed E-state index contributed by atoms with van der Waals surface area (Å²) in [4.78, 5) is 21.9. The van der Waals surface area contributed by atoms with E-state index in [1.807, 2.05) is 0 Å². The Hall–Kier alpha value is -3.07. The number of nitrogens with zero attached hydrogens (tertiary/aromatic N) is 1. The number of carbonyl (C=O) groups is 1. The third kappa shape index (κ3) is 3.79. The van der Waals surface area contributed by atoms with Gasteiger partial charge in [0.05, 0.1) is 10.5 Å². The number of rotatable bonds is 4. The molecule has 0 saturated heterocycles. The molecule has 0 radical (unpaired) electrons. The molecule has 0 spiro atoms. The van der Waals surface area contributed by atoms with Gasteiger partial charge in [0, 0.05) is 28.4 Å². The van der Waals surface area contributed by atoms with Gasteiger partial charge in [0.1, 0.15) is 0 Å². The highest BCUT2D eigenvalue weighted by Gasteiger charge is 2.48. The number of aliphatic carboxylic acids is 1. The van der Waals surface area contributed by atoms with Gasteiger partial charge in [0.25, 0.3) is 5.69 Å². The zero-order chi connectivity index (χ0) is 20.6. The maximum absolute atomic E-state index is 13.5. The molecule has 1 atom stereocenters. The predicted molar refractivity (Wildman–Crippen MR) is 96.3 cm³/mol. The number of benzene rings is 2. The van der Waals surface area contributed by atoms with E-state index in [9.17, 15) is 33.2 Å². The van der Waals surface area contributed by atoms with E-state index in [1.54, 1.807) is 0 Å². The van der Waals surface area contributed by atoms with E-state index < -0.39 is 28.7 Å². The zero-order valence-electron chi connectivity index (χ0n) is 14.0. The Morgan fingerprint density at radius 3 is 2.39 bits per heavy atom. The standard InChI is InChI=1S/C18H12ClF3N2O4/c19-10-3-6-14-12(8-10)13(7-9-1-4-11(5-2-9)24(27)28)15(17(25)26)16(23-14)18(20,21)22/h1-6,8,16,23H,7H2,(H,25,26). The Morgan fingerprint density at radius 2 is 1.86 bits per heavy atom. The van der Waals surface area contributed by atoms with Crippen molar-refractivity contribution in [3.05, 3.63) is 74.3 Å². The molecule has 28 heavy (non-hydrogen) atoms. The molecule has 146 valence electrons. The van der Waals surface area contributed by atoms with Crippen LogP contribution in [0.1, 0.15) is 11.1 Å². The first-order valence-electron chi connectivity index (χ1n) is 7.90. The number of alkyl halides is 3. The summed E-state index contributed by atoms with van der Waals surface area (Å²) in [6.45, 7) is 0. The summed E-state index contributed by atoms with van der Waals surface area (Å²) < 4.78 is 40.6. The van der Waals surface area contributed by atoms with Crippen molar-refractivity contribution in [2.75, 3.05) is 5.32 Å².